The number of alkyl halides is 3. The molecule has 8 heteroatoms. The van der Waals surface area contributed by atoms with Gasteiger partial charge in [0.05, 0.1) is 0 Å². The SMILES string of the molecule is Cc1cccc(NC(=S)N[C@H](NC(=O)CC(C)C)C(Cl)(Cl)Cl)c1. The van der Waals surface area contributed by atoms with Crippen LogP contribution in [0.3, 0.4) is 0 Å². The summed E-state index contributed by atoms with van der Waals surface area (Å²) in [6, 6.07) is 7.66. The molecule has 1 aromatic rings. The molecule has 0 unspecified atom stereocenters. The number of rotatable bonds is 5. The molecule has 3 N–H and O–H groups in total. The molecule has 0 aliphatic rings. The highest BCUT2D eigenvalue weighted by Crippen LogP contribution is 2.29. The number of hydrogen-bond donors (Lipinski definition) is 3. The predicted octanol–water partition coefficient (Wildman–Crippen LogP) is 4.14. The summed E-state index contributed by atoms with van der Waals surface area (Å²) in [7, 11) is 0. The Morgan fingerprint density at radius 1 is 1.26 bits per heavy atom. The maximum absolute atomic E-state index is 11.9. The molecule has 0 heterocycles. The molecule has 4 nitrogen and oxygen atoms in total. The average Bonchev–Trinajstić information content (AvgIpc) is 2.35. The van der Waals surface area contributed by atoms with E-state index in [1.54, 1.807) is 0 Å². The van der Waals surface area contributed by atoms with E-state index >= 15 is 0 Å². The second-order valence-electron chi connectivity index (χ2n) is 5.61. The van der Waals surface area contributed by atoms with Gasteiger partial charge < -0.3 is 16.0 Å². The zero-order valence-corrected chi connectivity index (χ0v) is 16.2. The molecule has 0 radical (unpaired) electrons. The summed E-state index contributed by atoms with van der Waals surface area (Å²) in [6.45, 7) is 5.83. The van der Waals surface area contributed by atoms with Gasteiger partial charge in [0.15, 0.2) is 5.11 Å². The van der Waals surface area contributed by atoms with Gasteiger partial charge in [0.2, 0.25) is 9.70 Å². The predicted molar refractivity (Wildman–Crippen MR) is 102 cm³/mol. The van der Waals surface area contributed by atoms with E-state index in [2.05, 4.69) is 16.0 Å². The molecule has 0 saturated carbocycles. The molecule has 0 aliphatic heterocycles. The van der Waals surface area contributed by atoms with Gasteiger partial charge in [0.1, 0.15) is 6.17 Å². The first-order valence-corrected chi connectivity index (χ1v) is 8.62. The first-order valence-electron chi connectivity index (χ1n) is 7.08. The van der Waals surface area contributed by atoms with Gasteiger partial charge in [-0.1, -0.05) is 60.8 Å². The molecular formula is C15H20Cl3N3OS. The minimum atomic E-state index is -1.75. The van der Waals surface area contributed by atoms with Crippen LogP contribution in [-0.4, -0.2) is 21.0 Å². The van der Waals surface area contributed by atoms with Gasteiger partial charge in [-0.2, -0.15) is 0 Å². The summed E-state index contributed by atoms with van der Waals surface area (Å²) in [5.74, 6) is -0.0226. The zero-order valence-electron chi connectivity index (χ0n) is 13.1. The van der Waals surface area contributed by atoms with Crippen molar-refractivity contribution >= 4 is 63.7 Å². The summed E-state index contributed by atoms with van der Waals surface area (Å²) in [6.07, 6.45) is -0.611. The molecule has 1 atom stereocenters. The number of amides is 1. The highest BCUT2D eigenvalue weighted by atomic mass is 35.6. The topological polar surface area (TPSA) is 53.2 Å². The van der Waals surface area contributed by atoms with Gasteiger partial charge in [-0.15, -0.1) is 0 Å². The molecule has 23 heavy (non-hydrogen) atoms. The van der Waals surface area contributed by atoms with Crippen molar-refractivity contribution in [2.45, 2.75) is 37.2 Å². The highest BCUT2D eigenvalue weighted by Gasteiger charge is 2.34. The van der Waals surface area contributed by atoms with Crippen molar-refractivity contribution in [3.63, 3.8) is 0 Å². The molecule has 0 aromatic heterocycles. The van der Waals surface area contributed by atoms with Crippen LogP contribution in [0.15, 0.2) is 24.3 Å². The molecular weight excluding hydrogens is 377 g/mol. The Balaban J connectivity index is 2.69. The Hall–Kier alpha value is -0.750. The lowest BCUT2D eigenvalue weighted by Crippen LogP contribution is -2.56. The Labute approximate surface area is 157 Å². The van der Waals surface area contributed by atoms with Crippen LogP contribution in [0.2, 0.25) is 0 Å². The van der Waals surface area contributed by atoms with Crippen molar-refractivity contribution in [1.29, 1.82) is 0 Å². The van der Waals surface area contributed by atoms with E-state index in [4.69, 9.17) is 47.0 Å². The zero-order chi connectivity index (χ0) is 17.6. The minimum absolute atomic E-state index is 0.198. The third kappa shape index (κ3) is 8.06. The molecule has 128 valence electrons. The fraction of sp³-hybridized carbons (Fsp3) is 0.467. The molecule has 1 rings (SSSR count). The van der Waals surface area contributed by atoms with Crippen molar-refractivity contribution < 1.29 is 4.79 Å². The van der Waals surface area contributed by atoms with Gasteiger partial charge in [-0.05, 0) is 42.8 Å². The second-order valence-corrected chi connectivity index (χ2v) is 8.39. The van der Waals surface area contributed by atoms with Crippen LogP contribution >= 0.6 is 47.0 Å². The van der Waals surface area contributed by atoms with E-state index < -0.39 is 9.96 Å². The van der Waals surface area contributed by atoms with Gasteiger partial charge >= 0.3 is 0 Å². The molecule has 0 spiro atoms. The molecule has 0 aliphatic carbocycles. The number of thiocarbonyl (C=S) groups is 1. The summed E-state index contributed by atoms with van der Waals surface area (Å²) in [4.78, 5) is 11.9. The largest absolute Gasteiger partial charge is 0.339 e. The van der Waals surface area contributed by atoms with Gasteiger partial charge in [0, 0.05) is 12.1 Å². The molecule has 1 aromatic carbocycles. The third-order valence-electron chi connectivity index (χ3n) is 2.78. The van der Waals surface area contributed by atoms with Crippen LogP contribution in [0.25, 0.3) is 0 Å². The quantitative estimate of drug-likeness (QED) is 0.398. The van der Waals surface area contributed by atoms with Crippen molar-refractivity contribution in [2.24, 2.45) is 5.92 Å². The lowest BCUT2D eigenvalue weighted by atomic mass is 10.1. The van der Waals surface area contributed by atoms with Gasteiger partial charge in [-0.25, -0.2) is 0 Å². The van der Waals surface area contributed by atoms with Crippen LogP contribution < -0.4 is 16.0 Å². The van der Waals surface area contributed by atoms with Gasteiger partial charge in [0.25, 0.3) is 0 Å². The second kappa shape index (κ2) is 8.92. The Morgan fingerprint density at radius 3 is 2.43 bits per heavy atom. The van der Waals surface area contributed by atoms with E-state index in [0.29, 0.717) is 6.42 Å². The summed E-state index contributed by atoms with van der Waals surface area (Å²) in [5, 5.41) is 8.70. The Kier molecular flexibility index (Phi) is 7.87. The van der Waals surface area contributed by atoms with Crippen molar-refractivity contribution in [3.05, 3.63) is 29.8 Å². The Bertz CT molecular complexity index is 561. The lowest BCUT2D eigenvalue weighted by molar-refractivity contribution is -0.122. The molecule has 0 fully saturated rings. The summed E-state index contributed by atoms with van der Waals surface area (Å²) < 4.78 is -1.75. The normalized spacial score (nSPS) is 12.7. The fourth-order valence-electron chi connectivity index (χ4n) is 1.81. The highest BCUT2D eigenvalue weighted by molar-refractivity contribution is 7.80. The maximum Gasteiger partial charge on any atom is 0.228 e. The standard InChI is InChI=1S/C15H20Cl3N3OS/c1-9(2)7-12(22)20-13(15(16,17)18)21-14(23)19-11-6-4-5-10(3)8-11/h4-6,8-9,13H,7H2,1-3H3,(H,20,22)(H2,19,21,23)/t13-/m0/s1. The number of benzene rings is 1. The number of halogens is 3. The fourth-order valence-corrected chi connectivity index (χ4v) is 2.37. The van der Waals surface area contributed by atoms with Crippen LogP contribution in [0.1, 0.15) is 25.8 Å². The number of nitrogens with one attached hydrogen (secondary N) is 3. The van der Waals surface area contributed by atoms with E-state index in [0.717, 1.165) is 11.3 Å². The average molecular weight is 397 g/mol. The number of hydrogen-bond acceptors (Lipinski definition) is 2. The van der Waals surface area contributed by atoms with E-state index in [9.17, 15) is 4.79 Å². The summed E-state index contributed by atoms with van der Waals surface area (Å²) in [5.41, 5.74) is 1.89. The third-order valence-corrected chi connectivity index (χ3v) is 3.65. The maximum atomic E-state index is 11.9. The molecule has 0 bridgehead atoms. The van der Waals surface area contributed by atoms with Crippen molar-refractivity contribution in [3.8, 4) is 0 Å². The van der Waals surface area contributed by atoms with E-state index in [-0.39, 0.29) is 16.9 Å². The number of carbonyl (C=O) groups excluding carboxylic acids is 1. The van der Waals surface area contributed by atoms with Crippen LogP contribution in [0, 0.1) is 12.8 Å². The number of anilines is 1. The van der Waals surface area contributed by atoms with E-state index in [1.165, 1.54) is 0 Å². The van der Waals surface area contributed by atoms with Crippen molar-refractivity contribution in [1.82, 2.24) is 10.6 Å². The summed E-state index contributed by atoms with van der Waals surface area (Å²) >= 11 is 23.0. The first-order chi connectivity index (χ1) is 10.6. The first kappa shape index (κ1) is 20.3. The number of carbonyl (C=O) groups is 1. The van der Waals surface area contributed by atoms with Crippen LogP contribution in [-0.2, 0) is 4.79 Å². The van der Waals surface area contributed by atoms with Crippen LogP contribution in [0.5, 0.6) is 0 Å². The minimum Gasteiger partial charge on any atom is -0.339 e. The Morgan fingerprint density at radius 2 is 1.91 bits per heavy atom. The van der Waals surface area contributed by atoms with E-state index in [1.807, 2.05) is 45.0 Å². The van der Waals surface area contributed by atoms with Gasteiger partial charge in [-0.3, -0.25) is 4.79 Å². The number of aryl methyl sites for hydroxylation is 1. The monoisotopic (exact) mass is 395 g/mol. The molecule has 0 saturated heterocycles. The van der Waals surface area contributed by atoms with Crippen LogP contribution in [0.4, 0.5) is 5.69 Å². The lowest BCUT2D eigenvalue weighted by Gasteiger charge is -2.28. The smallest absolute Gasteiger partial charge is 0.228 e. The van der Waals surface area contributed by atoms with Crippen molar-refractivity contribution in [2.75, 3.05) is 5.32 Å². The molecule has 1 amide bonds.